The highest BCUT2D eigenvalue weighted by Crippen LogP contribution is 2.43. The fourth-order valence-corrected chi connectivity index (χ4v) is 5.45. The Labute approximate surface area is 220 Å². The maximum atomic E-state index is 14.6. The zero-order chi connectivity index (χ0) is 26.8. The summed E-state index contributed by atoms with van der Waals surface area (Å²) in [5.41, 5.74) is 5.15. The lowest BCUT2D eigenvalue weighted by Crippen LogP contribution is -2.57. The van der Waals surface area contributed by atoms with Gasteiger partial charge in [0.25, 0.3) is 5.91 Å². The third-order valence-corrected chi connectivity index (χ3v) is 7.98. The predicted molar refractivity (Wildman–Crippen MR) is 139 cm³/mol. The molecular weight excluding hydrogens is 497 g/mol. The van der Waals surface area contributed by atoms with Gasteiger partial charge in [0.05, 0.1) is 10.6 Å². The number of carbonyl (C=O) groups excluding carboxylic acids is 2. The number of hydrogen-bond donors (Lipinski definition) is 1. The molecule has 0 saturated heterocycles. The number of primary amides is 1. The van der Waals surface area contributed by atoms with Crippen molar-refractivity contribution < 1.29 is 23.2 Å². The quantitative estimate of drug-likeness (QED) is 0.397. The van der Waals surface area contributed by atoms with Gasteiger partial charge in [0.2, 0.25) is 0 Å². The Kier molecular flexibility index (Phi) is 7.71. The summed E-state index contributed by atoms with van der Waals surface area (Å²) in [6, 6.07) is 14.4. The van der Waals surface area contributed by atoms with Crippen LogP contribution in [0.5, 0.6) is 0 Å². The average molecular weight is 528 g/mol. The Hall–Kier alpha value is -3.23. The topological polar surface area (TPSA) is 98.7 Å². The third kappa shape index (κ3) is 5.26. The number of hydrogen-bond acceptors (Lipinski definition) is 6. The van der Waals surface area contributed by atoms with Crippen molar-refractivity contribution in [3.8, 4) is 11.3 Å². The van der Waals surface area contributed by atoms with Crippen molar-refractivity contribution >= 4 is 23.5 Å². The van der Waals surface area contributed by atoms with Gasteiger partial charge in [0, 0.05) is 5.54 Å². The van der Waals surface area contributed by atoms with E-state index >= 15 is 0 Å². The molecule has 0 bridgehead atoms. The monoisotopic (exact) mass is 527 g/mol. The lowest BCUT2D eigenvalue weighted by atomic mass is 9.70. The van der Waals surface area contributed by atoms with Crippen molar-refractivity contribution in [1.82, 2.24) is 10.1 Å². The zero-order valence-corrected chi connectivity index (χ0v) is 22.0. The predicted octanol–water partition coefficient (Wildman–Crippen LogP) is 5.33. The summed E-state index contributed by atoms with van der Waals surface area (Å²) < 4.78 is 25.7. The van der Waals surface area contributed by atoms with Gasteiger partial charge in [-0.1, -0.05) is 53.2 Å². The van der Waals surface area contributed by atoms with E-state index in [1.54, 1.807) is 0 Å². The minimum Gasteiger partial charge on any atom is -0.445 e. The summed E-state index contributed by atoms with van der Waals surface area (Å²) in [4.78, 5) is 28.3. The van der Waals surface area contributed by atoms with Crippen molar-refractivity contribution in [2.45, 2.75) is 56.6 Å². The van der Waals surface area contributed by atoms with Crippen LogP contribution in [-0.4, -0.2) is 47.2 Å². The van der Waals surface area contributed by atoms with Gasteiger partial charge < -0.3 is 19.9 Å². The van der Waals surface area contributed by atoms with Crippen molar-refractivity contribution in [3.63, 3.8) is 0 Å². The van der Waals surface area contributed by atoms with Crippen LogP contribution in [0.2, 0.25) is 5.02 Å². The highest BCUT2D eigenvalue weighted by atomic mass is 35.5. The molecular formula is C28H31ClFN3O4. The molecule has 0 aliphatic heterocycles. The first kappa shape index (κ1) is 26.8. The van der Waals surface area contributed by atoms with E-state index in [0.717, 1.165) is 12.8 Å². The number of ether oxygens (including phenoxy) is 1. The Bertz CT molecular complexity index is 1260. The van der Waals surface area contributed by atoms with Gasteiger partial charge in [0.1, 0.15) is 22.8 Å². The van der Waals surface area contributed by atoms with Gasteiger partial charge in [-0.2, -0.15) is 0 Å². The minimum absolute atomic E-state index is 0.0683. The van der Waals surface area contributed by atoms with E-state index in [4.69, 9.17) is 26.6 Å². The Morgan fingerprint density at radius 3 is 2.38 bits per heavy atom. The molecule has 1 fully saturated rings. The first-order valence-corrected chi connectivity index (χ1v) is 12.6. The van der Waals surface area contributed by atoms with Crippen molar-refractivity contribution in [2.75, 3.05) is 14.1 Å². The fraction of sp³-hybridized carbons (Fsp3) is 0.393. The number of aromatic nitrogens is 1. The third-order valence-electron chi connectivity index (χ3n) is 7.66. The van der Waals surface area contributed by atoms with E-state index in [0.29, 0.717) is 12.8 Å². The molecule has 9 heteroatoms. The second-order valence-electron chi connectivity index (χ2n) is 9.91. The summed E-state index contributed by atoms with van der Waals surface area (Å²) in [7, 11) is 4.05. The Balaban J connectivity index is 1.57. The Morgan fingerprint density at radius 2 is 1.78 bits per heavy atom. The number of aryl methyl sites for hydroxylation is 2. The number of halogens is 2. The number of nitrogens with zero attached hydrogens (tertiary/aromatic N) is 2. The molecule has 1 amide bonds. The molecule has 196 valence electrons. The number of amides is 1. The van der Waals surface area contributed by atoms with E-state index in [-0.39, 0.29) is 46.0 Å². The molecule has 1 saturated carbocycles. The van der Waals surface area contributed by atoms with E-state index in [1.807, 2.05) is 32.3 Å². The normalized spacial score (nSPS) is 21.7. The van der Waals surface area contributed by atoms with Gasteiger partial charge in [-0.3, -0.25) is 4.79 Å². The second kappa shape index (κ2) is 10.6. The molecule has 0 atom stereocenters. The van der Waals surface area contributed by atoms with E-state index in [1.165, 1.54) is 30.7 Å². The highest BCUT2D eigenvalue weighted by molar-refractivity contribution is 6.33. The van der Waals surface area contributed by atoms with Crippen molar-refractivity contribution in [3.05, 3.63) is 76.3 Å². The smallest absolute Gasteiger partial charge is 0.345 e. The van der Waals surface area contributed by atoms with Crippen LogP contribution in [0.25, 0.3) is 11.3 Å². The minimum atomic E-state index is -1.50. The molecule has 7 nitrogen and oxygen atoms in total. The van der Waals surface area contributed by atoms with Crippen LogP contribution in [0.15, 0.2) is 53.1 Å². The molecule has 1 aromatic heterocycles. The van der Waals surface area contributed by atoms with Gasteiger partial charge in [0.15, 0.2) is 5.60 Å². The molecule has 0 radical (unpaired) electrons. The maximum absolute atomic E-state index is 14.6. The van der Waals surface area contributed by atoms with E-state index < -0.39 is 23.3 Å². The zero-order valence-electron chi connectivity index (χ0n) is 21.2. The number of benzene rings is 2. The summed E-state index contributed by atoms with van der Waals surface area (Å²) >= 11 is 6.20. The van der Waals surface area contributed by atoms with Gasteiger partial charge in [-0.05, 0) is 77.2 Å². The molecule has 0 unspecified atom stereocenters. The van der Waals surface area contributed by atoms with Crippen LogP contribution < -0.4 is 5.73 Å². The highest BCUT2D eigenvalue weighted by Gasteiger charge is 2.50. The summed E-state index contributed by atoms with van der Waals surface area (Å²) in [5, 5.41) is 3.93. The molecule has 1 aliphatic rings. The molecule has 4 rings (SSSR count). The van der Waals surface area contributed by atoms with Crippen LogP contribution in [0.1, 0.15) is 53.8 Å². The average Bonchev–Trinajstić information content (AvgIpc) is 3.25. The first-order chi connectivity index (χ1) is 17.6. The number of esters is 1. The summed E-state index contributed by atoms with van der Waals surface area (Å²) in [5.74, 6) is -2.10. The molecule has 37 heavy (non-hydrogen) atoms. The molecule has 1 aliphatic carbocycles. The second-order valence-corrected chi connectivity index (χ2v) is 10.3. The van der Waals surface area contributed by atoms with E-state index in [9.17, 15) is 14.0 Å². The molecule has 2 aromatic carbocycles. The largest absolute Gasteiger partial charge is 0.445 e. The van der Waals surface area contributed by atoms with Gasteiger partial charge in [-0.15, -0.1) is 0 Å². The van der Waals surface area contributed by atoms with Crippen LogP contribution in [0.3, 0.4) is 0 Å². The van der Waals surface area contributed by atoms with E-state index in [2.05, 4.69) is 22.2 Å². The molecule has 1 heterocycles. The molecule has 2 N–H and O–H groups in total. The SMILES string of the molecule is Cc1onc(-c2c(F)cccc2Cl)c1C(=O)OC1(C(N)=O)CCC(CCc2ccccc2)(N(C)C)CC1. The maximum Gasteiger partial charge on any atom is 0.345 e. The lowest BCUT2D eigenvalue weighted by molar-refractivity contribution is -0.144. The number of nitrogens with two attached hydrogens (primary N) is 1. The van der Waals surface area contributed by atoms with Gasteiger partial charge >= 0.3 is 5.97 Å². The Morgan fingerprint density at radius 1 is 1.11 bits per heavy atom. The van der Waals surface area contributed by atoms with Crippen LogP contribution in [0.4, 0.5) is 4.39 Å². The molecule has 0 spiro atoms. The summed E-state index contributed by atoms with van der Waals surface area (Å²) in [6.45, 7) is 1.51. The van der Waals surface area contributed by atoms with Crippen LogP contribution in [0, 0.1) is 12.7 Å². The van der Waals surface area contributed by atoms with Crippen LogP contribution in [-0.2, 0) is 16.0 Å². The van der Waals surface area contributed by atoms with Crippen molar-refractivity contribution in [2.24, 2.45) is 5.73 Å². The number of carbonyl (C=O) groups is 2. The standard InChI is InChI=1S/C28H31ClFN3O4/c1-18-22(24(32-37-18)23-20(29)10-7-11-21(23)30)25(34)36-28(26(31)35)16-14-27(15-17-28,33(2)3)13-12-19-8-5-4-6-9-19/h4-11H,12-17H2,1-3H3,(H2,31,35). The molecule has 3 aromatic rings. The lowest BCUT2D eigenvalue weighted by Gasteiger charge is -2.48. The fourth-order valence-electron chi connectivity index (χ4n) is 5.20. The van der Waals surface area contributed by atoms with Crippen molar-refractivity contribution in [1.29, 1.82) is 0 Å². The number of rotatable bonds is 8. The first-order valence-electron chi connectivity index (χ1n) is 12.2. The van der Waals surface area contributed by atoms with Crippen LogP contribution >= 0.6 is 11.6 Å². The van der Waals surface area contributed by atoms with Gasteiger partial charge in [-0.25, -0.2) is 9.18 Å². The summed E-state index contributed by atoms with van der Waals surface area (Å²) in [6.07, 6.45) is 3.51.